The van der Waals surface area contributed by atoms with Crippen molar-refractivity contribution < 1.29 is 10.2 Å². The molecule has 0 saturated carbocycles. The lowest BCUT2D eigenvalue weighted by atomic mass is 9.74. The van der Waals surface area contributed by atoms with E-state index in [2.05, 4.69) is 107 Å². The maximum absolute atomic E-state index is 11.4. The van der Waals surface area contributed by atoms with Crippen molar-refractivity contribution >= 4 is 0 Å². The molecule has 2 N–H and O–H groups in total. The summed E-state index contributed by atoms with van der Waals surface area (Å²) < 4.78 is 0. The van der Waals surface area contributed by atoms with Gasteiger partial charge in [0.05, 0.1) is 0 Å². The molecule has 0 saturated heterocycles. The Labute approximate surface area is 184 Å². The van der Waals surface area contributed by atoms with Crippen LogP contribution in [-0.2, 0) is 21.7 Å². The zero-order valence-corrected chi connectivity index (χ0v) is 21.2. The van der Waals surface area contributed by atoms with Crippen molar-refractivity contribution in [3.8, 4) is 22.6 Å². The van der Waals surface area contributed by atoms with E-state index in [1.807, 2.05) is 0 Å². The quantitative estimate of drug-likeness (QED) is 0.500. The molecule has 0 aliphatic rings. The predicted octanol–water partition coefficient (Wildman–Crippen LogP) is 7.95. The van der Waals surface area contributed by atoms with E-state index in [9.17, 15) is 10.2 Å². The molecule has 0 unspecified atom stereocenters. The van der Waals surface area contributed by atoms with Crippen LogP contribution in [0.2, 0.25) is 0 Å². The lowest BCUT2D eigenvalue weighted by molar-refractivity contribution is 0.423. The topological polar surface area (TPSA) is 40.5 Å². The molecule has 2 aromatic rings. The van der Waals surface area contributed by atoms with Gasteiger partial charge in [0.15, 0.2) is 0 Å². The average molecular weight is 411 g/mol. The molecule has 2 nitrogen and oxygen atoms in total. The standard InChI is InChI=1S/C28H42O2/c1-25(2,3)19-14-13-18(22(24(19)30)28(10,11)12)17-15-20(26(4,5)6)23(29)21(16-17)27(7,8)9/h13-16,29-30H,1-12H3. The van der Waals surface area contributed by atoms with E-state index >= 15 is 0 Å². The number of hydrogen-bond donors (Lipinski definition) is 2. The fraction of sp³-hybridized carbons (Fsp3) is 0.571. The molecular weight excluding hydrogens is 368 g/mol. The molecule has 0 spiro atoms. The van der Waals surface area contributed by atoms with Gasteiger partial charge in [-0.1, -0.05) is 95.2 Å². The second-order valence-electron chi connectivity index (χ2n) is 12.8. The molecule has 0 atom stereocenters. The predicted molar refractivity (Wildman–Crippen MR) is 130 cm³/mol. The molecule has 0 aliphatic heterocycles. The first-order chi connectivity index (χ1) is 13.3. The molecule has 0 aromatic heterocycles. The van der Waals surface area contributed by atoms with Gasteiger partial charge in [-0.3, -0.25) is 0 Å². The Kier molecular flexibility index (Phi) is 5.93. The summed E-state index contributed by atoms with van der Waals surface area (Å²) in [7, 11) is 0. The largest absolute Gasteiger partial charge is 0.507 e. The zero-order chi connectivity index (χ0) is 23.4. The zero-order valence-electron chi connectivity index (χ0n) is 21.2. The van der Waals surface area contributed by atoms with Crippen LogP contribution in [0.4, 0.5) is 0 Å². The van der Waals surface area contributed by atoms with Gasteiger partial charge in [-0.15, -0.1) is 0 Å². The molecule has 0 aliphatic carbocycles. The van der Waals surface area contributed by atoms with Crippen molar-refractivity contribution in [3.63, 3.8) is 0 Å². The first kappa shape index (κ1) is 24.3. The van der Waals surface area contributed by atoms with Gasteiger partial charge in [0.25, 0.3) is 0 Å². The van der Waals surface area contributed by atoms with Crippen LogP contribution >= 0.6 is 0 Å². The fourth-order valence-corrected chi connectivity index (χ4v) is 4.13. The molecule has 2 heteroatoms. The van der Waals surface area contributed by atoms with Gasteiger partial charge in [-0.25, -0.2) is 0 Å². The highest BCUT2D eigenvalue weighted by molar-refractivity contribution is 5.76. The maximum Gasteiger partial charge on any atom is 0.123 e. The molecule has 30 heavy (non-hydrogen) atoms. The molecule has 0 heterocycles. The molecule has 2 rings (SSSR count). The molecular formula is C28H42O2. The highest BCUT2D eigenvalue weighted by Gasteiger charge is 2.31. The maximum atomic E-state index is 11.4. The summed E-state index contributed by atoms with van der Waals surface area (Å²) in [6.45, 7) is 25.6. The van der Waals surface area contributed by atoms with Gasteiger partial charge in [0, 0.05) is 16.7 Å². The van der Waals surface area contributed by atoms with E-state index in [0.717, 1.165) is 33.4 Å². The van der Waals surface area contributed by atoms with Gasteiger partial charge < -0.3 is 10.2 Å². The average Bonchev–Trinajstić information content (AvgIpc) is 2.49. The van der Waals surface area contributed by atoms with Gasteiger partial charge in [-0.05, 0) is 50.5 Å². The van der Waals surface area contributed by atoms with E-state index in [1.165, 1.54) is 0 Å². The number of phenols is 2. The molecule has 166 valence electrons. The first-order valence-electron chi connectivity index (χ1n) is 11.0. The number of benzene rings is 2. The molecule has 0 bridgehead atoms. The van der Waals surface area contributed by atoms with E-state index in [-0.39, 0.29) is 21.7 Å². The molecule has 0 amide bonds. The summed E-state index contributed by atoms with van der Waals surface area (Å²) in [6, 6.07) is 8.41. The smallest absolute Gasteiger partial charge is 0.123 e. The van der Waals surface area contributed by atoms with Crippen molar-refractivity contribution in [3.05, 3.63) is 46.5 Å². The van der Waals surface area contributed by atoms with E-state index in [1.54, 1.807) is 0 Å². The summed E-state index contributed by atoms with van der Waals surface area (Å²) in [5, 5.41) is 22.5. The van der Waals surface area contributed by atoms with Crippen LogP contribution in [0.3, 0.4) is 0 Å². The minimum atomic E-state index is -0.234. The second kappa shape index (κ2) is 7.32. The van der Waals surface area contributed by atoms with E-state index in [4.69, 9.17) is 0 Å². The van der Waals surface area contributed by atoms with Crippen molar-refractivity contribution in [1.29, 1.82) is 0 Å². The Bertz CT molecular complexity index is 902. The fourth-order valence-electron chi connectivity index (χ4n) is 4.13. The summed E-state index contributed by atoms with van der Waals surface area (Å²) in [5.74, 6) is 0.766. The highest BCUT2D eigenvalue weighted by atomic mass is 16.3. The Hall–Kier alpha value is -1.96. The van der Waals surface area contributed by atoms with Crippen LogP contribution in [0.25, 0.3) is 11.1 Å². The van der Waals surface area contributed by atoms with E-state index < -0.39 is 0 Å². The monoisotopic (exact) mass is 410 g/mol. The van der Waals surface area contributed by atoms with E-state index in [0.29, 0.717) is 11.5 Å². The Balaban J connectivity index is 2.99. The Morgan fingerprint density at radius 3 is 1.23 bits per heavy atom. The Morgan fingerprint density at radius 2 is 0.900 bits per heavy atom. The third-order valence-corrected chi connectivity index (χ3v) is 5.77. The first-order valence-corrected chi connectivity index (χ1v) is 11.0. The second-order valence-corrected chi connectivity index (χ2v) is 12.8. The van der Waals surface area contributed by atoms with Gasteiger partial charge in [0.2, 0.25) is 0 Å². The number of hydrogen-bond acceptors (Lipinski definition) is 2. The SMILES string of the molecule is CC(C)(C)c1cc(-c2ccc(C(C)(C)C)c(O)c2C(C)(C)C)cc(C(C)(C)C)c1O. The van der Waals surface area contributed by atoms with Crippen LogP contribution < -0.4 is 0 Å². The molecule has 2 aromatic carbocycles. The minimum Gasteiger partial charge on any atom is -0.507 e. The number of aromatic hydroxyl groups is 2. The molecule has 0 radical (unpaired) electrons. The van der Waals surface area contributed by atoms with Crippen molar-refractivity contribution in [2.45, 2.75) is 105 Å². The molecule has 0 fully saturated rings. The Morgan fingerprint density at radius 1 is 0.500 bits per heavy atom. The normalized spacial score (nSPS) is 13.6. The summed E-state index contributed by atoms with van der Waals surface area (Å²) in [5.41, 5.74) is 5.08. The summed E-state index contributed by atoms with van der Waals surface area (Å²) in [6.07, 6.45) is 0. The minimum absolute atomic E-state index is 0.148. The third-order valence-electron chi connectivity index (χ3n) is 5.77. The van der Waals surface area contributed by atoms with Gasteiger partial charge in [0.1, 0.15) is 11.5 Å². The summed E-state index contributed by atoms with van der Waals surface area (Å²) in [4.78, 5) is 0. The van der Waals surface area contributed by atoms with Crippen molar-refractivity contribution in [1.82, 2.24) is 0 Å². The van der Waals surface area contributed by atoms with Crippen molar-refractivity contribution in [2.75, 3.05) is 0 Å². The van der Waals surface area contributed by atoms with Gasteiger partial charge >= 0.3 is 0 Å². The number of phenolic OH excluding ortho intramolecular Hbond substituents is 2. The highest BCUT2D eigenvalue weighted by Crippen LogP contribution is 2.47. The van der Waals surface area contributed by atoms with Crippen LogP contribution in [0.15, 0.2) is 24.3 Å². The number of rotatable bonds is 1. The lowest BCUT2D eigenvalue weighted by Gasteiger charge is -2.31. The van der Waals surface area contributed by atoms with Crippen molar-refractivity contribution in [2.24, 2.45) is 0 Å². The third kappa shape index (κ3) is 4.68. The lowest BCUT2D eigenvalue weighted by Crippen LogP contribution is -2.19. The van der Waals surface area contributed by atoms with Gasteiger partial charge in [-0.2, -0.15) is 0 Å². The van der Waals surface area contributed by atoms with Crippen LogP contribution in [0, 0.1) is 0 Å². The van der Waals surface area contributed by atoms with Crippen LogP contribution in [0.5, 0.6) is 11.5 Å². The summed E-state index contributed by atoms with van der Waals surface area (Å²) >= 11 is 0. The van der Waals surface area contributed by atoms with Crippen LogP contribution in [-0.4, -0.2) is 10.2 Å². The van der Waals surface area contributed by atoms with Crippen LogP contribution in [0.1, 0.15) is 105 Å².